The predicted octanol–water partition coefficient (Wildman–Crippen LogP) is 1.90. The summed E-state index contributed by atoms with van der Waals surface area (Å²) in [6, 6.07) is 5.72. The van der Waals surface area contributed by atoms with Crippen LogP contribution in [-0.4, -0.2) is 50.6 Å². The first-order valence-corrected chi connectivity index (χ1v) is 8.15. The van der Waals surface area contributed by atoms with E-state index in [2.05, 4.69) is 6.58 Å². The lowest BCUT2D eigenvalue weighted by molar-refractivity contribution is -0.146. The molecule has 0 radical (unpaired) electrons. The molecule has 1 amide bonds. The van der Waals surface area contributed by atoms with Gasteiger partial charge in [-0.3, -0.25) is 9.69 Å². The standard InChI is InChI=1S/C16H15NO5S2/c1-2-7-22-12-6-4-3-5-10(12)8-13-14(19)17(16(23)24-13)11(9-18)15(20)21/h2-6,8,11,18H,1,7,9H2,(H,20,21)/b13-8-/t11-/m1/s1. The van der Waals surface area contributed by atoms with Crippen LogP contribution in [0.4, 0.5) is 0 Å². The number of hydrogen-bond donors (Lipinski definition) is 2. The number of nitrogens with zero attached hydrogens (tertiary/aromatic N) is 1. The number of aliphatic hydroxyl groups excluding tert-OH is 1. The molecule has 24 heavy (non-hydrogen) atoms. The van der Waals surface area contributed by atoms with Gasteiger partial charge in [0.05, 0.1) is 11.5 Å². The Bertz CT molecular complexity index is 716. The summed E-state index contributed by atoms with van der Waals surface area (Å²) in [5.74, 6) is -1.30. The van der Waals surface area contributed by atoms with Crippen LogP contribution in [0.1, 0.15) is 5.56 Å². The van der Waals surface area contributed by atoms with Crippen molar-refractivity contribution in [1.29, 1.82) is 0 Å². The second-order valence-electron chi connectivity index (χ2n) is 4.73. The Morgan fingerprint density at radius 3 is 2.79 bits per heavy atom. The number of hydrogen-bond acceptors (Lipinski definition) is 6. The van der Waals surface area contributed by atoms with Gasteiger partial charge in [0.25, 0.3) is 5.91 Å². The van der Waals surface area contributed by atoms with Crippen LogP contribution in [0.15, 0.2) is 41.8 Å². The minimum absolute atomic E-state index is 0.0946. The van der Waals surface area contributed by atoms with Crippen molar-refractivity contribution in [3.63, 3.8) is 0 Å². The van der Waals surface area contributed by atoms with Crippen LogP contribution < -0.4 is 4.74 Å². The monoisotopic (exact) mass is 365 g/mol. The lowest BCUT2D eigenvalue weighted by Crippen LogP contribution is -2.46. The summed E-state index contributed by atoms with van der Waals surface area (Å²) in [4.78, 5) is 24.8. The van der Waals surface area contributed by atoms with Crippen LogP contribution in [0.3, 0.4) is 0 Å². The molecule has 1 aromatic carbocycles. The molecule has 8 heteroatoms. The molecule has 1 atom stereocenters. The third kappa shape index (κ3) is 3.84. The molecule has 1 fully saturated rings. The van der Waals surface area contributed by atoms with Crippen molar-refractivity contribution in [1.82, 2.24) is 4.90 Å². The Morgan fingerprint density at radius 1 is 1.46 bits per heavy atom. The van der Waals surface area contributed by atoms with E-state index in [-0.39, 0.29) is 9.23 Å². The molecule has 2 N–H and O–H groups in total. The molecule has 126 valence electrons. The second kappa shape index (κ2) is 8.09. The molecule has 1 saturated heterocycles. The summed E-state index contributed by atoms with van der Waals surface area (Å²) < 4.78 is 5.62. The largest absolute Gasteiger partial charge is 0.489 e. The fourth-order valence-electron chi connectivity index (χ4n) is 2.04. The molecular formula is C16H15NO5S2. The van der Waals surface area contributed by atoms with Crippen LogP contribution in [0.2, 0.25) is 0 Å². The fourth-order valence-corrected chi connectivity index (χ4v) is 3.39. The molecule has 0 spiro atoms. The quantitative estimate of drug-likeness (QED) is 0.433. The molecule has 0 aliphatic carbocycles. The van der Waals surface area contributed by atoms with Gasteiger partial charge in [0.2, 0.25) is 0 Å². The molecule has 1 heterocycles. The number of amides is 1. The van der Waals surface area contributed by atoms with E-state index in [0.29, 0.717) is 17.9 Å². The van der Waals surface area contributed by atoms with E-state index in [1.807, 2.05) is 0 Å². The van der Waals surface area contributed by atoms with Crippen LogP contribution in [0.5, 0.6) is 5.75 Å². The summed E-state index contributed by atoms with van der Waals surface area (Å²) in [6.45, 7) is 3.19. The van der Waals surface area contributed by atoms with Crippen molar-refractivity contribution >= 4 is 46.3 Å². The van der Waals surface area contributed by atoms with Gasteiger partial charge in [-0.15, -0.1) is 0 Å². The third-order valence-electron chi connectivity index (χ3n) is 3.16. The van der Waals surface area contributed by atoms with Crippen molar-refractivity contribution in [2.75, 3.05) is 13.2 Å². The van der Waals surface area contributed by atoms with Gasteiger partial charge in [-0.25, -0.2) is 4.79 Å². The highest BCUT2D eigenvalue weighted by Crippen LogP contribution is 2.35. The first-order valence-electron chi connectivity index (χ1n) is 6.93. The normalized spacial score (nSPS) is 17.2. The maximum Gasteiger partial charge on any atom is 0.329 e. The number of carboxylic acids is 1. The first kappa shape index (κ1) is 18.2. The number of aliphatic hydroxyl groups is 1. The van der Waals surface area contributed by atoms with Gasteiger partial charge >= 0.3 is 5.97 Å². The minimum atomic E-state index is -1.39. The summed E-state index contributed by atoms with van der Waals surface area (Å²) in [5, 5.41) is 18.3. The van der Waals surface area contributed by atoms with Gasteiger partial charge in [0, 0.05) is 5.56 Å². The van der Waals surface area contributed by atoms with Crippen molar-refractivity contribution in [3.05, 3.63) is 47.4 Å². The Morgan fingerprint density at radius 2 is 2.17 bits per heavy atom. The van der Waals surface area contributed by atoms with Crippen molar-refractivity contribution in [3.8, 4) is 5.75 Å². The van der Waals surface area contributed by atoms with E-state index in [1.54, 1.807) is 36.4 Å². The molecule has 6 nitrogen and oxygen atoms in total. The van der Waals surface area contributed by atoms with E-state index in [0.717, 1.165) is 16.7 Å². The van der Waals surface area contributed by atoms with Gasteiger partial charge in [0.1, 0.15) is 16.7 Å². The zero-order valence-corrected chi connectivity index (χ0v) is 14.2. The zero-order valence-electron chi connectivity index (χ0n) is 12.5. The number of rotatable bonds is 7. The van der Waals surface area contributed by atoms with E-state index >= 15 is 0 Å². The molecule has 0 saturated carbocycles. The maximum atomic E-state index is 12.5. The van der Waals surface area contributed by atoms with E-state index in [4.69, 9.17) is 22.1 Å². The average Bonchev–Trinajstić information content (AvgIpc) is 2.82. The number of benzene rings is 1. The molecule has 0 aromatic heterocycles. The number of carboxylic acid groups (broad SMARTS) is 1. The summed E-state index contributed by atoms with van der Waals surface area (Å²) in [7, 11) is 0. The zero-order chi connectivity index (χ0) is 17.7. The fraction of sp³-hybridized carbons (Fsp3) is 0.188. The van der Waals surface area contributed by atoms with Crippen LogP contribution >= 0.6 is 24.0 Å². The molecule has 0 bridgehead atoms. The number of ether oxygens (including phenoxy) is 1. The third-order valence-corrected chi connectivity index (χ3v) is 4.49. The van der Waals surface area contributed by atoms with E-state index in [9.17, 15) is 14.7 Å². The van der Waals surface area contributed by atoms with Gasteiger partial charge in [-0.2, -0.15) is 0 Å². The summed E-state index contributed by atoms with van der Waals surface area (Å²) in [5.41, 5.74) is 0.663. The average molecular weight is 365 g/mol. The van der Waals surface area contributed by atoms with Crippen LogP contribution in [0.25, 0.3) is 6.08 Å². The molecule has 1 aliphatic heterocycles. The SMILES string of the molecule is C=CCOc1ccccc1/C=C1\SC(=S)N([C@H](CO)C(=O)O)C1=O. The number of aliphatic carboxylic acids is 1. The molecular weight excluding hydrogens is 350 g/mol. The molecule has 1 aliphatic rings. The Balaban J connectivity index is 2.32. The van der Waals surface area contributed by atoms with Crippen molar-refractivity contribution in [2.24, 2.45) is 0 Å². The number of carbonyl (C=O) groups excluding carboxylic acids is 1. The lowest BCUT2D eigenvalue weighted by atomic mass is 10.1. The Labute approximate surface area is 148 Å². The van der Waals surface area contributed by atoms with E-state index < -0.39 is 24.5 Å². The molecule has 0 unspecified atom stereocenters. The van der Waals surface area contributed by atoms with E-state index in [1.165, 1.54) is 0 Å². The predicted molar refractivity (Wildman–Crippen MR) is 95.7 cm³/mol. The van der Waals surface area contributed by atoms with Crippen molar-refractivity contribution in [2.45, 2.75) is 6.04 Å². The number of para-hydroxylation sites is 1. The first-order chi connectivity index (χ1) is 11.5. The number of thiocarbonyl (C=S) groups is 1. The highest BCUT2D eigenvalue weighted by atomic mass is 32.2. The lowest BCUT2D eigenvalue weighted by Gasteiger charge is -2.20. The minimum Gasteiger partial charge on any atom is -0.489 e. The second-order valence-corrected chi connectivity index (χ2v) is 6.40. The highest BCUT2D eigenvalue weighted by Gasteiger charge is 2.40. The van der Waals surface area contributed by atoms with Gasteiger partial charge in [-0.1, -0.05) is 54.8 Å². The summed E-state index contributed by atoms with van der Waals surface area (Å²) >= 11 is 6.07. The topological polar surface area (TPSA) is 87.1 Å². The van der Waals surface area contributed by atoms with Crippen LogP contribution in [0, 0.1) is 0 Å². The highest BCUT2D eigenvalue weighted by molar-refractivity contribution is 8.26. The van der Waals surface area contributed by atoms with Gasteiger partial charge in [-0.05, 0) is 12.1 Å². The Kier molecular flexibility index (Phi) is 6.13. The maximum absolute atomic E-state index is 12.5. The van der Waals surface area contributed by atoms with Gasteiger partial charge < -0.3 is 14.9 Å². The molecule has 2 rings (SSSR count). The smallest absolute Gasteiger partial charge is 0.329 e. The number of carbonyl (C=O) groups is 2. The summed E-state index contributed by atoms with van der Waals surface area (Å²) in [6.07, 6.45) is 3.20. The van der Waals surface area contributed by atoms with Crippen LogP contribution in [-0.2, 0) is 9.59 Å². The molecule has 1 aromatic rings. The van der Waals surface area contributed by atoms with Gasteiger partial charge in [0.15, 0.2) is 6.04 Å². The number of thioether (sulfide) groups is 1. The Hall–Kier alpha value is -2.16. The van der Waals surface area contributed by atoms with Crippen molar-refractivity contribution < 1.29 is 24.5 Å².